The fourth-order valence-corrected chi connectivity index (χ4v) is 2.28. The summed E-state index contributed by atoms with van der Waals surface area (Å²) in [6.07, 6.45) is 0. The van der Waals surface area contributed by atoms with Crippen molar-refractivity contribution in [2.24, 2.45) is 0 Å². The number of hydrogen-bond acceptors (Lipinski definition) is 4. The Morgan fingerprint density at radius 1 is 1.10 bits per heavy atom. The van der Waals surface area contributed by atoms with Crippen LogP contribution in [0.1, 0.15) is 10.4 Å². The molecule has 0 saturated heterocycles. The first kappa shape index (κ1) is 13.5. The first-order chi connectivity index (χ1) is 10.2. The number of ketones is 1. The van der Waals surface area contributed by atoms with Gasteiger partial charge in [-0.2, -0.15) is 0 Å². The fourth-order valence-electron chi connectivity index (χ4n) is 2.04. The number of nitrogens with zero attached hydrogens (tertiary/aromatic N) is 3. The van der Waals surface area contributed by atoms with Gasteiger partial charge in [0, 0.05) is 5.56 Å². The van der Waals surface area contributed by atoms with Crippen LogP contribution in [0.4, 0.5) is 0 Å². The predicted octanol–water partition coefficient (Wildman–Crippen LogP) is 2.33. The molecule has 0 atom stereocenters. The monoisotopic (exact) mass is 299 g/mol. The average Bonchev–Trinajstić information content (AvgIpc) is 2.51. The van der Waals surface area contributed by atoms with Crippen LogP contribution in [0.3, 0.4) is 0 Å². The molecule has 0 aliphatic carbocycles. The number of benzene rings is 2. The SMILES string of the molecule is O=C(Cn1nnc2ccccc2c1=O)c1ccccc1Cl. The minimum atomic E-state index is -0.346. The Bertz CT molecular complexity index is 889. The normalized spacial score (nSPS) is 10.7. The van der Waals surface area contributed by atoms with Crippen LogP contribution in [-0.4, -0.2) is 20.8 Å². The third kappa shape index (κ3) is 2.55. The zero-order valence-corrected chi connectivity index (χ0v) is 11.6. The molecule has 0 saturated carbocycles. The quantitative estimate of drug-likeness (QED) is 0.696. The molecule has 0 unspecified atom stereocenters. The van der Waals surface area contributed by atoms with Gasteiger partial charge in [-0.25, -0.2) is 4.68 Å². The van der Waals surface area contributed by atoms with Crippen LogP contribution in [0.15, 0.2) is 53.3 Å². The van der Waals surface area contributed by atoms with E-state index in [4.69, 9.17) is 11.6 Å². The van der Waals surface area contributed by atoms with Crippen molar-refractivity contribution in [3.05, 3.63) is 69.5 Å². The van der Waals surface area contributed by atoms with E-state index in [9.17, 15) is 9.59 Å². The summed E-state index contributed by atoms with van der Waals surface area (Å²) in [5, 5.41) is 8.51. The number of carbonyl (C=O) groups excluding carboxylic acids is 1. The zero-order chi connectivity index (χ0) is 14.8. The summed E-state index contributed by atoms with van der Waals surface area (Å²) >= 11 is 5.98. The van der Waals surface area contributed by atoms with E-state index in [1.165, 1.54) is 0 Å². The second-order valence-electron chi connectivity index (χ2n) is 4.47. The topological polar surface area (TPSA) is 64.8 Å². The number of carbonyl (C=O) groups is 1. The van der Waals surface area contributed by atoms with Crippen molar-refractivity contribution in [2.75, 3.05) is 0 Å². The largest absolute Gasteiger partial charge is 0.292 e. The van der Waals surface area contributed by atoms with Gasteiger partial charge in [-0.05, 0) is 24.3 Å². The molecule has 0 aliphatic rings. The predicted molar refractivity (Wildman–Crippen MR) is 79.6 cm³/mol. The summed E-state index contributed by atoms with van der Waals surface area (Å²) in [6, 6.07) is 13.6. The van der Waals surface area contributed by atoms with E-state index in [0.717, 1.165) is 4.68 Å². The molecule has 0 amide bonds. The Balaban J connectivity index is 1.99. The van der Waals surface area contributed by atoms with Gasteiger partial charge >= 0.3 is 0 Å². The third-order valence-corrected chi connectivity index (χ3v) is 3.43. The first-order valence-corrected chi connectivity index (χ1v) is 6.65. The van der Waals surface area contributed by atoms with Crippen LogP contribution in [0.25, 0.3) is 10.9 Å². The lowest BCUT2D eigenvalue weighted by Gasteiger charge is -2.05. The third-order valence-electron chi connectivity index (χ3n) is 3.10. The average molecular weight is 300 g/mol. The van der Waals surface area contributed by atoms with Gasteiger partial charge in [-0.1, -0.05) is 41.1 Å². The van der Waals surface area contributed by atoms with E-state index >= 15 is 0 Å². The Morgan fingerprint density at radius 3 is 2.62 bits per heavy atom. The van der Waals surface area contributed by atoms with Crippen LogP contribution in [0, 0.1) is 0 Å². The highest BCUT2D eigenvalue weighted by atomic mass is 35.5. The van der Waals surface area contributed by atoms with Crippen LogP contribution >= 0.6 is 11.6 Å². The Kier molecular flexibility index (Phi) is 3.50. The summed E-state index contributed by atoms with van der Waals surface area (Å²) in [5.41, 5.74) is 0.519. The zero-order valence-electron chi connectivity index (χ0n) is 10.9. The highest BCUT2D eigenvalue weighted by molar-refractivity contribution is 6.33. The summed E-state index contributed by atoms with van der Waals surface area (Å²) in [4.78, 5) is 24.5. The molecule has 2 aromatic carbocycles. The van der Waals surface area contributed by atoms with Crippen molar-refractivity contribution in [1.82, 2.24) is 15.0 Å². The number of hydrogen-bond donors (Lipinski definition) is 0. The maximum atomic E-state index is 12.3. The molecule has 0 aliphatic heterocycles. The number of halogens is 1. The fraction of sp³-hybridized carbons (Fsp3) is 0.0667. The molecule has 0 fully saturated rings. The summed E-state index contributed by atoms with van der Waals surface area (Å²) in [7, 11) is 0. The van der Waals surface area contributed by atoms with E-state index in [-0.39, 0.29) is 17.9 Å². The second kappa shape index (κ2) is 5.46. The lowest BCUT2D eigenvalue weighted by molar-refractivity contribution is 0.0965. The molecule has 21 heavy (non-hydrogen) atoms. The molecule has 3 rings (SSSR count). The Morgan fingerprint density at radius 2 is 1.81 bits per heavy atom. The molecule has 0 spiro atoms. The van der Waals surface area contributed by atoms with Gasteiger partial charge in [-0.3, -0.25) is 9.59 Å². The van der Waals surface area contributed by atoms with Crippen molar-refractivity contribution in [3.8, 4) is 0 Å². The van der Waals surface area contributed by atoms with Crippen LogP contribution in [0.2, 0.25) is 5.02 Å². The van der Waals surface area contributed by atoms with Crippen molar-refractivity contribution in [3.63, 3.8) is 0 Å². The van der Waals surface area contributed by atoms with Gasteiger partial charge in [0.25, 0.3) is 5.56 Å². The first-order valence-electron chi connectivity index (χ1n) is 6.27. The van der Waals surface area contributed by atoms with Gasteiger partial charge < -0.3 is 0 Å². The van der Waals surface area contributed by atoms with E-state index in [1.807, 2.05) is 0 Å². The molecule has 1 aromatic heterocycles. The summed E-state index contributed by atoms with van der Waals surface area (Å²) in [6.45, 7) is -0.194. The van der Waals surface area contributed by atoms with Crippen molar-refractivity contribution in [1.29, 1.82) is 0 Å². The van der Waals surface area contributed by atoms with Gasteiger partial charge in [0.15, 0.2) is 5.78 Å². The molecule has 0 radical (unpaired) electrons. The number of Topliss-reactive ketones (excluding diaryl/α,β-unsaturated/α-hetero) is 1. The summed E-state index contributed by atoms with van der Waals surface area (Å²) < 4.78 is 1.05. The van der Waals surface area contributed by atoms with Crippen molar-refractivity contribution >= 4 is 28.3 Å². The van der Waals surface area contributed by atoms with Gasteiger partial charge in [0.1, 0.15) is 12.1 Å². The maximum absolute atomic E-state index is 12.3. The molecule has 5 nitrogen and oxygen atoms in total. The van der Waals surface area contributed by atoms with Crippen LogP contribution in [-0.2, 0) is 6.54 Å². The lowest BCUT2D eigenvalue weighted by Crippen LogP contribution is -2.27. The highest BCUT2D eigenvalue weighted by Gasteiger charge is 2.13. The Hall–Kier alpha value is -2.53. The summed E-state index contributed by atoms with van der Waals surface area (Å²) in [5.74, 6) is -0.285. The highest BCUT2D eigenvalue weighted by Crippen LogP contribution is 2.15. The standard InChI is InChI=1S/C15H10ClN3O2/c16-12-7-3-1-5-10(12)14(20)9-19-15(21)11-6-2-4-8-13(11)17-18-19/h1-8H,9H2. The number of aromatic nitrogens is 3. The van der Waals surface area contributed by atoms with Crippen molar-refractivity contribution in [2.45, 2.75) is 6.54 Å². The number of fused-ring (bicyclic) bond motifs is 1. The smallest absolute Gasteiger partial charge is 0.278 e. The molecule has 1 heterocycles. The van der Waals surface area contributed by atoms with Gasteiger partial charge in [0.2, 0.25) is 0 Å². The second-order valence-corrected chi connectivity index (χ2v) is 4.88. The van der Waals surface area contributed by atoms with E-state index in [2.05, 4.69) is 10.3 Å². The van der Waals surface area contributed by atoms with E-state index in [0.29, 0.717) is 21.5 Å². The molecule has 0 N–H and O–H groups in total. The Labute approximate surface area is 124 Å². The molecule has 3 aromatic rings. The molecular formula is C15H10ClN3O2. The minimum Gasteiger partial charge on any atom is -0.292 e. The van der Waals surface area contributed by atoms with Gasteiger partial charge in [0.05, 0.1) is 10.4 Å². The van der Waals surface area contributed by atoms with E-state index < -0.39 is 0 Å². The van der Waals surface area contributed by atoms with E-state index in [1.54, 1.807) is 48.5 Å². The lowest BCUT2D eigenvalue weighted by atomic mass is 10.1. The molecular weight excluding hydrogens is 290 g/mol. The number of rotatable bonds is 3. The van der Waals surface area contributed by atoms with Crippen molar-refractivity contribution < 1.29 is 4.79 Å². The maximum Gasteiger partial charge on any atom is 0.278 e. The van der Waals surface area contributed by atoms with Gasteiger partial charge in [-0.15, -0.1) is 5.10 Å². The van der Waals surface area contributed by atoms with Crippen LogP contribution < -0.4 is 5.56 Å². The molecule has 0 bridgehead atoms. The molecule has 104 valence electrons. The van der Waals surface area contributed by atoms with Crippen LogP contribution in [0.5, 0.6) is 0 Å². The molecule has 6 heteroatoms. The minimum absolute atomic E-state index is 0.194.